The largest absolute Gasteiger partial charge is 0.364 e. The fourth-order valence-electron chi connectivity index (χ4n) is 1.41. The van der Waals surface area contributed by atoms with Crippen molar-refractivity contribution in [3.05, 3.63) is 23.9 Å². The third-order valence-corrected chi connectivity index (χ3v) is 2.34. The van der Waals surface area contributed by atoms with Crippen LogP contribution in [0.2, 0.25) is 0 Å². The van der Waals surface area contributed by atoms with Crippen LogP contribution in [0.5, 0.6) is 0 Å². The van der Waals surface area contributed by atoms with Crippen LogP contribution in [0.3, 0.4) is 0 Å². The van der Waals surface area contributed by atoms with Gasteiger partial charge in [-0.1, -0.05) is 19.8 Å². The fraction of sp³-hybridized carbons (Fsp3) is 0.545. The topological polar surface area (TPSA) is 50.9 Å². The second kappa shape index (κ2) is 6.37. The number of anilines is 1. The smallest absolute Gasteiger partial charge is 0.168 e. The van der Waals surface area contributed by atoms with Gasteiger partial charge in [-0.25, -0.2) is 13.8 Å². The van der Waals surface area contributed by atoms with E-state index >= 15 is 0 Å². The van der Waals surface area contributed by atoms with Crippen molar-refractivity contribution in [3.8, 4) is 0 Å². The van der Waals surface area contributed by atoms with Crippen LogP contribution in [-0.2, 0) is 0 Å². The Hall–Kier alpha value is -1.23. The predicted octanol–water partition coefficient (Wildman–Crippen LogP) is 2.29. The lowest BCUT2D eigenvalue weighted by Crippen LogP contribution is -2.29. The van der Waals surface area contributed by atoms with Crippen molar-refractivity contribution in [2.24, 2.45) is 5.73 Å². The van der Waals surface area contributed by atoms with E-state index in [1.165, 1.54) is 0 Å². The Kier molecular flexibility index (Phi) is 5.11. The van der Waals surface area contributed by atoms with Crippen LogP contribution in [-0.4, -0.2) is 17.6 Å². The highest BCUT2D eigenvalue weighted by Gasteiger charge is 2.10. The first-order valence-electron chi connectivity index (χ1n) is 5.45. The fourth-order valence-corrected chi connectivity index (χ4v) is 1.41. The third kappa shape index (κ3) is 3.73. The van der Waals surface area contributed by atoms with Crippen molar-refractivity contribution in [1.29, 1.82) is 0 Å². The van der Waals surface area contributed by atoms with Crippen LogP contribution in [0.4, 0.5) is 14.6 Å². The molecule has 1 aromatic rings. The van der Waals surface area contributed by atoms with E-state index < -0.39 is 11.6 Å². The number of aromatic nitrogens is 1. The van der Waals surface area contributed by atoms with Crippen molar-refractivity contribution in [1.82, 2.24) is 4.98 Å². The minimum Gasteiger partial charge on any atom is -0.364 e. The second-order valence-corrected chi connectivity index (χ2v) is 3.70. The number of nitrogens with two attached hydrogens (primary N) is 1. The molecule has 0 saturated heterocycles. The summed E-state index contributed by atoms with van der Waals surface area (Å²) in [6.45, 7) is 2.48. The van der Waals surface area contributed by atoms with Gasteiger partial charge >= 0.3 is 0 Å². The number of rotatable bonds is 6. The Labute approximate surface area is 94.1 Å². The van der Waals surface area contributed by atoms with Crippen LogP contribution in [0.15, 0.2) is 12.3 Å². The van der Waals surface area contributed by atoms with Gasteiger partial charge in [0.05, 0.1) is 6.20 Å². The van der Waals surface area contributed by atoms with Gasteiger partial charge in [0.2, 0.25) is 0 Å². The Morgan fingerprint density at radius 1 is 1.50 bits per heavy atom. The van der Waals surface area contributed by atoms with Gasteiger partial charge in [0.25, 0.3) is 0 Å². The second-order valence-electron chi connectivity index (χ2n) is 3.70. The molecule has 5 heteroatoms. The quantitative estimate of drug-likeness (QED) is 0.786. The first-order chi connectivity index (χ1) is 7.67. The number of nitrogens with zero attached hydrogens (tertiary/aromatic N) is 1. The maximum atomic E-state index is 13.3. The summed E-state index contributed by atoms with van der Waals surface area (Å²) in [4.78, 5) is 3.66. The molecule has 0 fully saturated rings. The van der Waals surface area contributed by atoms with E-state index in [4.69, 9.17) is 5.73 Å². The van der Waals surface area contributed by atoms with Crippen LogP contribution in [0.1, 0.15) is 26.2 Å². The SMILES string of the molecule is CCCCC(CN)Nc1ncc(F)cc1F. The molecule has 3 N–H and O–H groups in total. The zero-order chi connectivity index (χ0) is 12.0. The Morgan fingerprint density at radius 3 is 2.81 bits per heavy atom. The Morgan fingerprint density at radius 2 is 2.25 bits per heavy atom. The number of unbranched alkanes of at least 4 members (excludes halogenated alkanes) is 1. The summed E-state index contributed by atoms with van der Waals surface area (Å²) in [6.07, 6.45) is 3.90. The molecular formula is C11H17F2N3. The summed E-state index contributed by atoms with van der Waals surface area (Å²) in [5.41, 5.74) is 5.55. The van der Waals surface area contributed by atoms with Crippen LogP contribution >= 0.6 is 0 Å². The molecule has 1 heterocycles. The molecule has 1 aromatic heterocycles. The van der Waals surface area contributed by atoms with Crippen LogP contribution < -0.4 is 11.1 Å². The Bertz CT molecular complexity index is 331. The van der Waals surface area contributed by atoms with E-state index in [0.717, 1.165) is 31.5 Å². The van der Waals surface area contributed by atoms with Gasteiger partial charge in [-0.15, -0.1) is 0 Å². The van der Waals surface area contributed by atoms with E-state index in [9.17, 15) is 8.78 Å². The molecule has 0 aliphatic carbocycles. The van der Waals surface area contributed by atoms with Crippen molar-refractivity contribution in [3.63, 3.8) is 0 Å². The summed E-state index contributed by atoms with van der Waals surface area (Å²) < 4.78 is 25.9. The molecule has 0 aliphatic rings. The van der Waals surface area contributed by atoms with Gasteiger partial charge < -0.3 is 11.1 Å². The molecule has 0 aromatic carbocycles. The minimum absolute atomic E-state index is 0.0209. The molecule has 90 valence electrons. The third-order valence-electron chi connectivity index (χ3n) is 2.34. The molecule has 16 heavy (non-hydrogen) atoms. The highest BCUT2D eigenvalue weighted by molar-refractivity contribution is 5.37. The normalized spacial score (nSPS) is 12.5. The van der Waals surface area contributed by atoms with Crippen molar-refractivity contribution in [2.45, 2.75) is 32.2 Å². The van der Waals surface area contributed by atoms with Gasteiger partial charge in [-0.05, 0) is 6.42 Å². The molecule has 3 nitrogen and oxygen atoms in total. The molecule has 1 atom stereocenters. The molecule has 1 rings (SSSR count). The zero-order valence-corrected chi connectivity index (χ0v) is 9.34. The zero-order valence-electron chi connectivity index (χ0n) is 9.34. The van der Waals surface area contributed by atoms with Crippen molar-refractivity contribution < 1.29 is 8.78 Å². The van der Waals surface area contributed by atoms with Gasteiger partial charge in [-0.3, -0.25) is 0 Å². The van der Waals surface area contributed by atoms with Crippen LogP contribution in [0.25, 0.3) is 0 Å². The van der Waals surface area contributed by atoms with Crippen molar-refractivity contribution in [2.75, 3.05) is 11.9 Å². The number of hydrogen-bond donors (Lipinski definition) is 2. The number of pyridine rings is 1. The van der Waals surface area contributed by atoms with Gasteiger partial charge in [0.15, 0.2) is 11.6 Å². The van der Waals surface area contributed by atoms with E-state index in [-0.39, 0.29) is 11.9 Å². The summed E-state index contributed by atoms with van der Waals surface area (Å²) >= 11 is 0. The van der Waals surface area contributed by atoms with E-state index in [1.54, 1.807) is 0 Å². The molecule has 0 bridgehead atoms. The predicted molar refractivity (Wildman–Crippen MR) is 60.1 cm³/mol. The summed E-state index contributed by atoms with van der Waals surface area (Å²) in [5.74, 6) is -1.30. The molecule has 1 unspecified atom stereocenters. The highest BCUT2D eigenvalue weighted by Crippen LogP contribution is 2.13. The van der Waals surface area contributed by atoms with Crippen LogP contribution in [0, 0.1) is 11.6 Å². The first kappa shape index (κ1) is 12.8. The number of halogens is 2. The lowest BCUT2D eigenvalue weighted by molar-refractivity contribution is 0.565. The van der Waals surface area contributed by atoms with Gasteiger partial charge in [0.1, 0.15) is 5.82 Å². The summed E-state index contributed by atoms with van der Waals surface area (Å²) in [5, 5.41) is 2.88. The molecule has 0 spiro atoms. The number of nitrogens with one attached hydrogen (secondary N) is 1. The Balaban J connectivity index is 2.62. The minimum atomic E-state index is -0.685. The van der Waals surface area contributed by atoms with E-state index in [0.29, 0.717) is 6.54 Å². The first-order valence-corrected chi connectivity index (χ1v) is 5.45. The monoisotopic (exact) mass is 229 g/mol. The lowest BCUT2D eigenvalue weighted by Gasteiger charge is -2.17. The molecule has 0 saturated carbocycles. The lowest BCUT2D eigenvalue weighted by atomic mass is 10.1. The highest BCUT2D eigenvalue weighted by atomic mass is 19.1. The molecule has 0 radical (unpaired) electrons. The maximum absolute atomic E-state index is 13.3. The standard InChI is InChI=1S/C11H17F2N3/c1-2-3-4-9(6-14)16-11-10(13)5-8(12)7-15-11/h5,7,9H,2-4,6,14H2,1H3,(H,15,16). The summed E-state index contributed by atoms with van der Waals surface area (Å²) in [6, 6.07) is 0.787. The van der Waals surface area contributed by atoms with Gasteiger partial charge in [0, 0.05) is 18.7 Å². The van der Waals surface area contributed by atoms with Gasteiger partial charge in [-0.2, -0.15) is 0 Å². The number of hydrogen-bond acceptors (Lipinski definition) is 3. The average Bonchev–Trinajstić information content (AvgIpc) is 2.27. The molecular weight excluding hydrogens is 212 g/mol. The molecule has 0 amide bonds. The average molecular weight is 229 g/mol. The van der Waals surface area contributed by atoms with Crippen molar-refractivity contribution >= 4 is 5.82 Å². The molecule has 0 aliphatic heterocycles. The van der Waals surface area contributed by atoms with E-state index in [1.807, 2.05) is 0 Å². The summed E-state index contributed by atoms with van der Waals surface area (Å²) in [7, 11) is 0. The maximum Gasteiger partial charge on any atom is 0.168 e. The van der Waals surface area contributed by atoms with E-state index in [2.05, 4.69) is 17.2 Å².